The number of carbonyl (C=O) groups excluding carboxylic acids is 2. The molecule has 11 heteroatoms. The molecule has 10 nitrogen and oxygen atoms in total. The minimum absolute atomic E-state index is 0.117. The monoisotopic (exact) mass is 483 g/mol. The average molecular weight is 484 g/mol. The van der Waals surface area contributed by atoms with Crippen molar-refractivity contribution in [2.75, 3.05) is 32.8 Å². The molecule has 0 radical (unpaired) electrons. The van der Waals surface area contributed by atoms with Crippen molar-refractivity contribution in [3.63, 3.8) is 0 Å². The molecule has 0 saturated carbocycles. The maximum atomic E-state index is 13.5. The van der Waals surface area contributed by atoms with Crippen molar-refractivity contribution in [3.05, 3.63) is 75.4 Å². The molecule has 0 bridgehead atoms. The lowest BCUT2D eigenvalue weighted by molar-refractivity contribution is -0.384. The molecule has 1 fully saturated rings. The summed E-state index contributed by atoms with van der Waals surface area (Å²) in [6.45, 7) is 3.34. The third-order valence-electron chi connectivity index (χ3n) is 5.46. The molecule has 0 spiro atoms. The van der Waals surface area contributed by atoms with Crippen molar-refractivity contribution in [1.82, 2.24) is 19.6 Å². The molecule has 2 aromatic carbocycles. The second-order valence-electron chi connectivity index (χ2n) is 7.56. The highest BCUT2D eigenvalue weighted by Gasteiger charge is 2.29. The van der Waals surface area contributed by atoms with E-state index >= 15 is 0 Å². The molecule has 3 aromatic rings. The summed E-state index contributed by atoms with van der Waals surface area (Å²) in [6.07, 6.45) is -0.405. The molecule has 1 saturated heterocycles. The molecule has 1 aliphatic heterocycles. The molecular formula is C23H22ClN5O5. The zero-order valence-electron chi connectivity index (χ0n) is 18.4. The summed E-state index contributed by atoms with van der Waals surface area (Å²) in [6, 6.07) is 14.6. The Labute approximate surface area is 200 Å². The number of nitrogens with zero attached hydrogens (tertiary/aromatic N) is 5. The maximum absolute atomic E-state index is 13.5. The van der Waals surface area contributed by atoms with Gasteiger partial charge in [0.15, 0.2) is 0 Å². The molecule has 176 valence electrons. The first-order chi connectivity index (χ1) is 16.4. The predicted molar refractivity (Wildman–Crippen MR) is 125 cm³/mol. The lowest BCUT2D eigenvalue weighted by Crippen LogP contribution is -2.51. The van der Waals surface area contributed by atoms with Crippen molar-refractivity contribution in [2.24, 2.45) is 0 Å². The number of piperazine rings is 1. The van der Waals surface area contributed by atoms with Crippen LogP contribution in [-0.2, 0) is 4.74 Å². The van der Waals surface area contributed by atoms with Gasteiger partial charge in [-0.15, -0.1) is 0 Å². The molecule has 1 aromatic heterocycles. The van der Waals surface area contributed by atoms with Crippen LogP contribution in [0.1, 0.15) is 17.4 Å². The van der Waals surface area contributed by atoms with Gasteiger partial charge in [0.1, 0.15) is 5.69 Å². The fraction of sp³-hybridized carbons (Fsp3) is 0.261. The summed E-state index contributed by atoms with van der Waals surface area (Å²) in [4.78, 5) is 39.5. The van der Waals surface area contributed by atoms with Gasteiger partial charge in [-0.25, -0.2) is 9.48 Å². The molecule has 4 rings (SSSR count). The van der Waals surface area contributed by atoms with Crippen LogP contribution in [0.2, 0.25) is 5.02 Å². The Bertz CT molecular complexity index is 1240. The van der Waals surface area contributed by atoms with Crippen LogP contribution in [0.15, 0.2) is 54.6 Å². The second kappa shape index (κ2) is 9.92. The number of nitro groups is 1. The lowest BCUT2D eigenvalue weighted by atomic mass is 10.1. The first kappa shape index (κ1) is 23.2. The van der Waals surface area contributed by atoms with E-state index in [4.69, 9.17) is 16.3 Å². The number of hydrogen-bond donors (Lipinski definition) is 0. The van der Waals surface area contributed by atoms with Crippen LogP contribution in [0.25, 0.3) is 16.9 Å². The van der Waals surface area contributed by atoms with Gasteiger partial charge >= 0.3 is 6.09 Å². The van der Waals surface area contributed by atoms with Gasteiger partial charge in [-0.1, -0.05) is 35.9 Å². The molecule has 2 heterocycles. The van der Waals surface area contributed by atoms with Crippen LogP contribution in [0.3, 0.4) is 0 Å². The lowest BCUT2D eigenvalue weighted by Gasteiger charge is -2.34. The molecule has 0 aliphatic carbocycles. The molecule has 0 N–H and O–H groups in total. The molecule has 0 unspecified atom stereocenters. The summed E-state index contributed by atoms with van der Waals surface area (Å²) in [7, 11) is 0. The number of ether oxygens (including phenoxy) is 1. The van der Waals surface area contributed by atoms with Gasteiger partial charge in [0.2, 0.25) is 0 Å². The number of amides is 2. The number of aromatic nitrogens is 2. The van der Waals surface area contributed by atoms with Gasteiger partial charge in [0, 0.05) is 43.9 Å². The van der Waals surface area contributed by atoms with E-state index in [0.29, 0.717) is 48.1 Å². The van der Waals surface area contributed by atoms with E-state index in [-0.39, 0.29) is 23.9 Å². The first-order valence-electron chi connectivity index (χ1n) is 10.7. The fourth-order valence-electron chi connectivity index (χ4n) is 3.74. The number of hydrogen-bond acceptors (Lipinski definition) is 6. The third-order valence-corrected chi connectivity index (χ3v) is 5.79. The summed E-state index contributed by atoms with van der Waals surface area (Å²) >= 11 is 6.35. The van der Waals surface area contributed by atoms with E-state index in [1.165, 1.54) is 22.9 Å². The minimum Gasteiger partial charge on any atom is -0.450 e. The topological polar surface area (TPSA) is 111 Å². The van der Waals surface area contributed by atoms with Crippen LogP contribution in [0, 0.1) is 10.1 Å². The Hall–Kier alpha value is -3.92. The van der Waals surface area contributed by atoms with Gasteiger partial charge in [-0.3, -0.25) is 14.9 Å². The van der Waals surface area contributed by atoms with Crippen molar-refractivity contribution >= 4 is 29.3 Å². The van der Waals surface area contributed by atoms with Crippen molar-refractivity contribution in [1.29, 1.82) is 0 Å². The Morgan fingerprint density at radius 3 is 2.44 bits per heavy atom. The Balaban J connectivity index is 1.69. The molecule has 2 amide bonds. The Morgan fingerprint density at radius 2 is 1.76 bits per heavy atom. The summed E-state index contributed by atoms with van der Waals surface area (Å²) in [5.74, 6) is -0.305. The van der Waals surface area contributed by atoms with Crippen LogP contribution in [0.5, 0.6) is 0 Å². The van der Waals surface area contributed by atoms with Gasteiger partial charge in [0.25, 0.3) is 11.6 Å². The summed E-state index contributed by atoms with van der Waals surface area (Å²) < 4.78 is 6.43. The Kier molecular flexibility index (Phi) is 6.78. The standard InChI is InChI=1S/C23H22ClN5O5/c1-2-34-23(31)27-12-10-26(11-13-27)22(30)21-15-20(18-8-3-4-9-19(18)24)25-28(21)16-6-5-7-17(14-16)29(32)33/h3-9,14-15H,2,10-13H2,1H3. The minimum atomic E-state index is -0.502. The fourth-order valence-corrected chi connectivity index (χ4v) is 3.97. The molecule has 0 atom stereocenters. The number of halogens is 1. The van der Waals surface area contributed by atoms with Crippen LogP contribution in [-0.4, -0.2) is 69.3 Å². The largest absolute Gasteiger partial charge is 0.450 e. The Morgan fingerprint density at radius 1 is 1.06 bits per heavy atom. The van der Waals surface area contributed by atoms with E-state index in [0.717, 1.165) is 0 Å². The first-order valence-corrected chi connectivity index (χ1v) is 11.1. The smallest absolute Gasteiger partial charge is 0.409 e. The van der Waals surface area contributed by atoms with Crippen molar-refractivity contribution < 1.29 is 19.2 Å². The SMILES string of the molecule is CCOC(=O)N1CCN(C(=O)c2cc(-c3ccccc3Cl)nn2-c2cccc([N+](=O)[O-])c2)CC1. The molecular weight excluding hydrogens is 462 g/mol. The third kappa shape index (κ3) is 4.72. The summed E-state index contributed by atoms with van der Waals surface area (Å²) in [5.41, 5.74) is 1.59. The van der Waals surface area contributed by atoms with E-state index < -0.39 is 11.0 Å². The second-order valence-corrected chi connectivity index (χ2v) is 7.97. The highest BCUT2D eigenvalue weighted by molar-refractivity contribution is 6.33. The van der Waals surface area contributed by atoms with E-state index in [2.05, 4.69) is 5.10 Å². The maximum Gasteiger partial charge on any atom is 0.409 e. The van der Waals surface area contributed by atoms with E-state index in [9.17, 15) is 19.7 Å². The van der Waals surface area contributed by atoms with Crippen molar-refractivity contribution in [2.45, 2.75) is 6.92 Å². The van der Waals surface area contributed by atoms with Crippen molar-refractivity contribution in [3.8, 4) is 16.9 Å². The van der Waals surface area contributed by atoms with Gasteiger partial charge in [-0.05, 0) is 25.1 Å². The number of carbonyl (C=O) groups is 2. The zero-order chi connectivity index (χ0) is 24.2. The number of benzene rings is 2. The quantitative estimate of drug-likeness (QED) is 0.400. The number of non-ortho nitro benzene ring substituents is 1. The van der Waals surface area contributed by atoms with Crippen LogP contribution < -0.4 is 0 Å². The van der Waals surface area contributed by atoms with Gasteiger partial charge in [-0.2, -0.15) is 5.10 Å². The highest BCUT2D eigenvalue weighted by atomic mass is 35.5. The molecule has 1 aliphatic rings. The average Bonchev–Trinajstić information content (AvgIpc) is 3.29. The number of nitro benzene ring substituents is 1. The van der Waals surface area contributed by atoms with Gasteiger partial charge in [0.05, 0.1) is 27.9 Å². The molecule has 34 heavy (non-hydrogen) atoms. The van der Waals surface area contributed by atoms with Crippen LogP contribution in [0.4, 0.5) is 10.5 Å². The van der Waals surface area contributed by atoms with E-state index in [1.807, 2.05) is 6.07 Å². The van der Waals surface area contributed by atoms with Gasteiger partial charge < -0.3 is 14.5 Å². The zero-order valence-corrected chi connectivity index (χ0v) is 19.1. The highest BCUT2D eigenvalue weighted by Crippen LogP contribution is 2.29. The normalized spacial score (nSPS) is 13.6. The van der Waals surface area contributed by atoms with Crippen LogP contribution >= 0.6 is 11.6 Å². The van der Waals surface area contributed by atoms with E-state index in [1.54, 1.807) is 47.1 Å². The summed E-state index contributed by atoms with van der Waals surface area (Å²) in [5, 5.41) is 16.3. The number of rotatable bonds is 5. The predicted octanol–water partition coefficient (Wildman–Crippen LogP) is 4.02.